The lowest BCUT2D eigenvalue weighted by molar-refractivity contribution is 1.14. The molecule has 4 nitrogen and oxygen atoms in total. The van der Waals surface area contributed by atoms with Gasteiger partial charge in [-0.25, -0.2) is 0 Å². The second kappa shape index (κ2) is 11.8. The number of aromatic nitrogens is 4. The van der Waals surface area contributed by atoms with E-state index in [0.717, 1.165) is 22.7 Å². The topological polar surface area (TPSA) is 19.7 Å². The number of nitrogens with zero attached hydrogens (tertiary/aromatic N) is 4. The third-order valence-corrected chi connectivity index (χ3v) is 12.4. The molecule has 0 amide bonds. The van der Waals surface area contributed by atoms with Gasteiger partial charge in [0.15, 0.2) is 0 Å². The summed E-state index contributed by atoms with van der Waals surface area (Å²) in [7, 11) is 0. The summed E-state index contributed by atoms with van der Waals surface area (Å²) < 4.78 is 9.64. The lowest BCUT2D eigenvalue weighted by Gasteiger charge is -2.12. The highest BCUT2D eigenvalue weighted by Crippen LogP contribution is 2.43. The van der Waals surface area contributed by atoms with Crippen LogP contribution in [-0.4, -0.2) is 18.3 Å². The summed E-state index contributed by atoms with van der Waals surface area (Å²) in [6, 6.07) is 75.3. The maximum absolute atomic E-state index is 2.44. The number of hydrogen-bond acceptors (Lipinski definition) is 0. The van der Waals surface area contributed by atoms with Gasteiger partial charge in [0, 0.05) is 65.8 Å². The summed E-state index contributed by atoms with van der Waals surface area (Å²) in [6.45, 7) is 0. The van der Waals surface area contributed by atoms with E-state index in [1.54, 1.807) is 0 Å². The Balaban J connectivity index is 0.994. The zero-order valence-corrected chi connectivity index (χ0v) is 31.4. The molecule has 0 aliphatic carbocycles. The van der Waals surface area contributed by atoms with E-state index < -0.39 is 0 Å². The smallest absolute Gasteiger partial charge is 0.0548 e. The standard InChI is InChI=1S/C54H34N4/c1-7-19-45-39(13-1)40-14-2-8-20-46(40)55(45)35-25-29-37(30-26-35)57-49-23-11-5-17-43(49)53-51(57)33-34-52-54(53)44-18-6-12-24-50(44)58(52)38-31-27-36(28-32-38)56-47-21-9-3-15-41(47)42-16-4-10-22-48(42)56/h1-34H. The molecule has 4 heteroatoms. The largest absolute Gasteiger partial charge is 0.309 e. The van der Waals surface area contributed by atoms with Crippen LogP contribution in [-0.2, 0) is 0 Å². The summed E-state index contributed by atoms with van der Waals surface area (Å²) in [6.07, 6.45) is 0. The van der Waals surface area contributed by atoms with Gasteiger partial charge in [-0.3, -0.25) is 0 Å². The highest BCUT2D eigenvalue weighted by atomic mass is 15.0. The molecule has 0 aliphatic rings. The molecule has 0 fully saturated rings. The van der Waals surface area contributed by atoms with E-state index in [9.17, 15) is 0 Å². The molecule has 0 aliphatic heterocycles. The molecule has 4 aromatic heterocycles. The maximum Gasteiger partial charge on any atom is 0.0548 e. The van der Waals surface area contributed by atoms with Gasteiger partial charge in [-0.2, -0.15) is 0 Å². The molecule has 58 heavy (non-hydrogen) atoms. The minimum Gasteiger partial charge on any atom is -0.309 e. The van der Waals surface area contributed by atoms with Crippen LogP contribution in [0.1, 0.15) is 0 Å². The van der Waals surface area contributed by atoms with E-state index in [4.69, 9.17) is 0 Å². The minimum atomic E-state index is 1.14. The highest BCUT2D eigenvalue weighted by molar-refractivity contribution is 6.29. The zero-order chi connectivity index (χ0) is 37.9. The van der Waals surface area contributed by atoms with E-state index >= 15 is 0 Å². The van der Waals surface area contributed by atoms with E-state index in [2.05, 4.69) is 225 Å². The highest BCUT2D eigenvalue weighted by Gasteiger charge is 2.21. The minimum absolute atomic E-state index is 1.14. The van der Waals surface area contributed by atoms with Gasteiger partial charge in [0.05, 0.1) is 44.1 Å². The summed E-state index contributed by atoms with van der Waals surface area (Å²) in [5.41, 5.74) is 14.2. The van der Waals surface area contributed by atoms with Gasteiger partial charge in [0.2, 0.25) is 0 Å². The Morgan fingerprint density at radius 2 is 0.379 bits per heavy atom. The monoisotopic (exact) mass is 738 g/mol. The average molecular weight is 739 g/mol. The quantitative estimate of drug-likeness (QED) is 0.171. The van der Waals surface area contributed by atoms with Crippen LogP contribution in [0.2, 0.25) is 0 Å². The van der Waals surface area contributed by atoms with Gasteiger partial charge in [-0.05, 0) is 97.1 Å². The third kappa shape index (κ3) is 4.23. The second-order valence-corrected chi connectivity index (χ2v) is 15.3. The fraction of sp³-hybridized carbons (Fsp3) is 0. The normalized spacial score (nSPS) is 12.1. The van der Waals surface area contributed by atoms with Crippen molar-refractivity contribution in [2.75, 3.05) is 0 Å². The van der Waals surface area contributed by atoms with Crippen LogP contribution in [0, 0.1) is 0 Å². The van der Waals surface area contributed by atoms with Crippen LogP contribution < -0.4 is 0 Å². The van der Waals surface area contributed by atoms with Crippen molar-refractivity contribution in [3.8, 4) is 22.7 Å². The van der Waals surface area contributed by atoms with Gasteiger partial charge in [0.25, 0.3) is 0 Å². The molecule has 4 heterocycles. The fourth-order valence-electron chi connectivity index (χ4n) is 9.98. The molecule has 270 valence electrons. The Kier molecular flexibility index (Phi) is 6.41. The number of rotatable bonds is 4. The third-order valence-electron chi connectivity index (χ3n) is 12.4. The summed E-state index contributed by atoms with van der Waals surface area (Å²) in [5, 5.41) is 10.1. The zero-order valence-electron chi connectivity index (χ0n) is 31.4. The SMILES string of the molecule is c1ccc2c(c1)c1ccccc1n2-c1ccc(-n2c3ccccc3c3c4c5ccccc5n(-c5ccc(-n6c7ccccc7c7ccccc76)cc5)c4ccc32)cc1. The van der Waals surface area contributed by atoms with E-state index in [-0.39, 0.29) is 0 Å². The predicted molar refractivity (Wildman–Crippen MR) is 244 cm³/mol. The summed E-state index contributed by atoms with van der Waals surface area (Å²) >= 11 is 0. The molecule has 13 aromatic rings. The molecule has 0 atom stereocenters. The number of fused-ring (bicyclic) bond motifs is 13. The van der Waals surface area contributed by atoms with Gasteiger partial charge >= 0.3 is 0 Å². The van der Waals surface area contributed by atoms with Crippen molar-refractivity contribution in [3.05, 3.63) is 206 Å². The van der Waals surface area contributed by atoms with E-state index in [1.165, 1.54) is 87.2 Å². The van der Waals surface area contributed by atoms with Crippen molar-refractivity contribution in [3.63, 3.8) is 0 Å². The van der Waals surface area contributed by atoms with Crippen molar-refractivity contribution < 1.29 is 0 Å². The van der Waals surface area contributed by atoms with Gasteiger partial charge in [-0.1, -0.05) is 109 Å². The van der Waals surface area contributed by atoms with Crippen molar-refractivity contribution in [2.45, 2.75) is 0 Å². The lowest BCUT2D eigenvalue weighted by Crippen LogP contribution is -1.98. The molecule has 0 saturated heterocycles. The Hall–Kier alpha value is -7.82. The maximum atomic E-state index is 2.44. The second-order valence-electron chi connectivity index (χ2n) is 15.3. The molecule has 13 rings (SSSR count). The Morgan fingerprint density at radius 1 is 0.172 bits per heavy atom. The number of benzene rings is 9. The molecule has 0 bridgehead atoms. The summed E-state index contributed by atoms with van der Waals surface area (Å²) in [5.74, 6) is 0. The van der Waals surface area contributed by atoms with Crippen molar-refractivity contribution >= 4 is 87.2 Å². The van der Waals surface area contributed by atoms with Crippen LogP contribution in [0.5, 0.6) is 0 Å². The first-order valence-corrected chi connectivity index (χ1v) is 20.0. The molecule has 0 N–H and O–H groups in total. The first-order valence-electron chi connectivity index (χ1n) is 20.0. The van der Waals surface area contributed by atoms with Crippen LogP contribution in [0.25, 0.3) is 110 Å². The van der Waals surface area contributed by atoms with Crippen LogP contribution in [0.15, 0.2) is 206 Å². The van der Waals surface area contributed by atoms with Crippen LogP contribution >= 0.6 is 0 Å². The molecular formula is C54H34N4. The number of para-hydroxylation sites is 6. The summed E-state index contributed by atoms with van der Waals surface area (Å²) in [4.78, 5) is 0. The molecular weight excluding hydrogens is 705 g/mol. The Morgan fingerprint density at radius 3 is 0.655 bits per heavy atom. The molecule has 0 saturated carbocycles. The Labute approximate surface area is 333 Å². The lowest BCUT2D eigenvalue weighted by atomic mass is 10.1. The first-order chi connectivity index (χ1) is 28.8. The molecule has 0 spiro atoms. The first kappa shape index (κ1) is 31.4. The van der Waals surface area contributed by atoms with E-state index in [0.29, 0.717) is 0 Å². The van der Waals surface area contributed by atoms with Gasteiger partial charge in [0.1, 0.15) is 0 Å². The molecule has 0 radical (unpaired) electrons. The van der Waals surface area contributed by atoms with Gasteiger partial charge in [-0.15, -0.1) is 0 Å². The van der Waals surface area contributed by atoms with Crippen molar-refractivity contribution in [1.82, 2.24) is 18.3 Å². The van der Waals surface area contributed by atoms with Crippen molar-refractivity contribution in [1.29, 1.82) is 0 Å². The van der Waals surface area contributed by atoms with Crippen LogP contribution in [0.4, 0.5) is 0 Å². The Bertz CT molecular complexity index is 3420. The predicted octanol–water partition coefficient (Wildman–Crippen LogP) is 14.1. The van der Waals surface area contributed by atoms with Crippen LogP contribution in [0.3, 0.4) is 0 Å². The molecule has 0 unspecified atom stereocenters. The fourth-order valence-corrected chi connectivity index (χ4v) is 9.98. The average Bonchev–Trinajstić information content (AvgIpc) is 4.02. The van der Waals surface area contributed by atoms with Gasteiger partial charge < -0.3 is 18.3 Å². The van der Waals surface area contributed by atoms with Crippen molar-refractivity contribution in [2.24, 2.45) is 0 Å². The van der Waals surface area contributed by atoms with E-state index in [1.807, 2.05) is 0 Å². The molecule has 9 aromatic carbocycles. The number of hydrogen-bond donors (Lipinski definition) is 0.